The second kappa shape index (κ2) is 8.24. The molecule has 0 aliphatic rings. The first-order valence-electron chi connectivity index (χ1n) is 4.86. The van der Waals surface area contributed by atoms with Crippen LogP contribution in [0.2, 0.25) is 12.6 Å². The minimum atomic E-state index is -1.40. The summed E-state index contributed by atoms with van der Waals surface area (Å²) >= 11 is 0. The molecule has 13 heavy (non-hydrogen) atoms. The molecule has 0 spiro atoms. The monoisotopic (exact) mass is 201 g/mol. The Bertz CT molecular complexity index is 156. The van der Waals surface area contributed by atoms with Crippen LogP contribution in [0.15, 0.2) is 0 Å². The molecule has 4 heteroatoms. The predicted molar refractivity (Wildman–Crippen MR) is 54.9 cm³/mol. The average molecular weight is 201 g/mol. The van der Waals surface area contributed by atoms with Crippen LogP contribution in [0.3, 0.4) is 0 Å². The Morgan fingerprint density at radius 1 is 1.62 bits per heavy atom. The van der Waals surface area contributed by atoms with Gasteiger partial charge in [-0.25, -0.2) is 0 Å². The Hall–Kier alpha value is -0.373. The van der Waals surface area contributed by atoms with E-state index in [1.54, 1.807) is 0 Å². The van der Waals surface area contributed by atoms with Crippen molar-refractivity contribution in [2.24, 2.45) is 5.92 Å². The minimum absolute atomic E-state index is 0.0313. The van der Waals surface area contributed by atoms with Crippen LogP contribution in [0.1, 0.15) is 19.8 Å². The van der Waals surface area contributed by atoms with Crippen molar-refractivity contribution in [2.75, 3.05) is 13.2 Å². The second-order valence-electron chi connectivity index (χ2n) is 3.30. The van der Waals surface area contributed by atoms with Crippen molar-refractivity contribution in [3.63, 3.8) is 0 Å². The molecule has 0 amide bonds. The molecule has 0 aliphatic heterocycles. The molecule has 0 aromatic rings. The van der Waals surface area contributed by atoms with Crippen molar-refractivity contribution in [3.05, 3.63) is 0 Å². The average Bonchev–Trinajstić information content (AvgIpc) is 2.11. The molecule has 0 bridgehead atoms. The Labute approximate surface area is 82.1 Å². The normalized spacial score (nSPS) is 14.9. The molecule has 0 rings (SSSR count). The van der Waals surface area contributed by atoms with Gasteiger partial charge in [-0.05, 0) is 25.4 Å². The molecule has 0 aromatic heterocycles. The van der Waals surface area contributed by atoms with E-state index in [2.05, 4.69) is 6.07 Å². The molecule has 76 valence electrons. The number of hydrogen-bond acceptors (Lipinski definition) is 3. The van der Waals surface area contributed by atoms with Gasteiger partial charge in [-0.3, -0.25) is 0 Å². The summed E-state index contributed by atoms with van der Waals surface area (Å²) in [6.07, 6.45) is 1.77. The van der Waals surface area contributed by atoms with Gasteiger partial charge in [0.15, 0.2) is 9.04 Å². The maximum absolute atomic E-state index is 9.08. The van der Waals surface area contributed by atoms with E-state index < -0.39 is 9.04 Å². The fourth-order valence-corrected chi connectivity index (χ4v) is 1.71. The highest BCUT2D eigenvalue weighted by molar-refractivity contribution is 6.48. The van der Waals surface area contributed by atoms with Gasteiger partial charge in [0.05, 0.1) is 18.6 Å². The molecule has 0 radical (unpaired) electrons. The van der Waals surface area contributed by atoms with Gasteiger partial charge in [0.25, 0.3) is 0 Å². The van der Waals surface area contributed by atoms with E-state index >= 15 is 0 Å². The van der Waals surface area contributed by atoms with Crippen LogP contribution >= 0.6 is 0 Å². The summed E-state index contributed by atoms with van der Waals surface area (Å²) in [7, 11) is -1.40. The van der Waals surface area contributed by atoms with E-state index in [1.807, 2.05) is 13.5 Å². The van der Waals surface area contributed by atoms with Crippen molar-refractivity contribution in [2.45, 2.75) is 32.4 Å². The minimum Gasteiger partial charge on any atom is -0.435 e. The van der Waals surface area contributed by atoms with Gasteiger partial charge >= 0.3 is 0 Å². The SMILES string of the molecule is CCC(C#N)COCCC[SiH](C)O. The predicted octanol–water partition coefficient (Wildman–Crippen LogP) is 1.29. The summed E-state index contributed by atoms with van der Waals surface area (Å²) in [5.74, 6) is 0.0313. The first-order valence-corrected chi connectivity index (χ1v) is 7.34. The van der Waals surface area contributed by atoms with Crippen LogP contribution in [0.4, 0.5) is 0 Å². The van der Waals surface area contributed by atoms with Crippen molar-refractivity contribution >= 4 is 9.04 Å². The zero-order valence-electron chi connectivity index (χ0n) is 8.49. The Morgan fingerprint density at radius 2 is 2.31 bits per heavy atom. The lowest BCUT2D eigenvalue weighted by Gasteiger charge is -2.07. The van der Waals surface area contributed by atoms with E-state index in [0.29, 0.717) is 13.2 Å². The Morgan fingerprint density at radius 3 is 2.77 bits per heavy atom. The lowest BCUT2D eigenvalue weighted by molar-refractivity contribution is 0.113. The third-order valence-electron chi connectivity index (χ3n) is 1.90. The molecular weight excluding hydrogens is 182 g/mol. The van der Waals surface area contributed by atoms with E-state index in [4.69, 9.17) is 14.8 Å². The molecule has 1 N–H and O–H groups in total. The van der Waals surface area contributed by atoms with Gasteiger partial charge in [-0.1, -0.05) is 6.92 Å². The van der Waals surface area contributed by atoms with Crippen molar-refractivity contribution in [1.82, 2.24) is 0 Å². The highest BCUT2D eigenvalue weighted by atomic mass is 28.3. The lowest BCUT2D eigenvalue weighted by atomic mass is 10.1. The smallest absolute Gasteiger partial charge is 0.169 e. The first-order chi connectivity index (χ1) is 6.20. The quantitative estimate of drug-likeness (QED) is 0.499. The first kappa shape index (κ1) is 12.6. The maximum Gasteiger partial charge on any atom is 0.169 e. The van der Waals surface area contributed by atoms with E-state index in [0.717, 1.165) is 18.9 Å². The molecule has 0 aliphatic carbocycles. The van der Waals surface area contributed by atoms with Gasteiger partial charge in [0, 0.05) is 6.61 Å². The molecule has 0 heterocycles. The number of rotatable bonds is 7. The van der Waals surface area contributed by atoms with E-state index in [9.17, 15) is 0 Å². The van der Waals surface area contributed by atoms with Crippen molar-refractivity contribution in [1.29, 1.82) is 5.26 Å². The van der Waals surface area contributed by atoms with Crippen LogP contribution in [0, 0.1) is 17.2 Å². The summed E-state index contributed by atoms with van der Waals surface area (Å²) in [4.78, 5) is 9.08. The third kappa shape index (κ3) is 7.97. The topological polar surface area (TPSA) is 53.2 Å². The lowest BCUT2D eigenvalue weighted by Crippen LogP contribution is -2.10. The van der Waals surface area contributed by atoms with Crippen LogP contribution in [-0.2, 0) is 4.74 Å². The Kier molecular flexibility index (Phi) is 8.00. The van der Waals surface area contributed by atoms with Crippen molar-refractivity contribution in [3.8, 4) is 6.07 Å². The standard InChI is InChI=1S/C9H19NO2Si/c1-3-9(7-10)8-12-5-4-6-13(2)11/h9,11,13H,3-6,8H2,1-2H3. The third-order valence-corrected chi connectivity index (χ3v) is 3.15. The number of nitriles is 1. The highest BCUT2D eigenvalue weighted by Crippen LogP contribution is 2.02. The van der Waals surface area contributed by atoms with Gasteiger partial charge in [-0.15, -0.1) is 0 Å². The van der Waals surface area contributed by atoms with Crippen LogP contribution in [0.5, 0.6) is 0 Å². The molecular formula is C9H19NO2Si. The fraction of sp³-hybridized carbons (Fsp3) is 0.889. The van der Waals surface area contributed by atoms with Crippen molar-refractivity contribution < 1.29 is 9.53 Å². The zero-order chi connectivity index (χ0) is 10.1. The number of hydrogen-bond donors (Lipinski definition) is 1. The molecule has 0 saturated carbocycles. The number of ether oxygens (including phenoxy) is 1. The summed E-state index contributed by atoms with van der Waals surface area (Å²) in [5, 5.41) is 8.61. The molecule has 0 saturated heterocycles. The summed E-state index contributed by atoms with van der Waals surface area (Å²) in [6, 6.07) is 3.09. The van der Waals surface area contributed by atoms with Crippen LogP contribution in [-0.4, -0.2) is 27.0 Å². The highest BCUT2D eigenvalue weighted by Gasteiger charge is 2.04. The van der Waals surface area contributed by atoms with Crippen LogP contribution in [0.25, 0.3) is 0 Å². The summed E-state index contributed by atoms with van der Waals surface area (Å²) in [6.45, 7) is 5.11. The largest absolute Gasteiger partial charge is 0.435 e. The number of nitrogens with zero attached hydrogens (tertiary/aromatic N) is 1. The maximum atomic E-state index is 9.08. The fourth-order valence-electron chi connectivity index (χ4n) is 0.953. The summed E-state index contributed by atoms with van der Waals surface area (Å²) in [5.41, 5.74) is 0. The van der Waals surface area contributed by atoms with E-state index in [-0.39, 0.29) is 5.92 Å². The van der Waals surface area contributed by atoms with Crippen LogP contribution < -0.4 is 0 Å². The van der Waals surface area contributed by atoms with Gasteiger partial charge in [0.2, 0.25) is 0 Å². The molecule has 0 fully saturated rings. The molecule has 2 unspecified atom stereocenters. The van der Waals surface area contributed by atoms with E-state index in [1.165, 1.54) is 0 Å². The Balaban J connectivity index is 3.21. The second-order valence-corrected chi connectivity index (χ2v) is 5.58. The molecule has 3 nitrogen and oxygen atoms in total. The molecule has 2 atom stereocenters. The van der Waals surface area contributed by atoms with Gasteiger partial charge in [0.1, 0.15) is 0 Å². The van der Waals surface area contributed by atoms with Gasteiger partial charge < -0.3 is 9.53 Å². The molecule has 0 aromatic carbocycles. The zero-order valence-corrected chi connectivity index (χ0v) is 9.65. The summed E-state index contributed by atoms with van der Waals surface area (Å²) < 4.78 is 5.32. The van der Waals surface area contributed by atoms with Gasteiger partial charge in [-0.2, -0.15) is 5.26 Å².